The van der Waals surface area contributed by atoms with E-state index in [-0.39, 0.29) is 37.6 Å². The summed E-state index contributed by atoms with van der Waals surface area (Å²) in [7, 11) is -2.49. The summed E-state index contributed by atoms with van der Waals surface area (Å²) < 4.78 is 21.3. The van der Waals surface area contributed by atoms with Crippen LogP contribution in [-0.4, -0.2) is 24.8 Å². The molecule has 0 amide bonds. The van der Waals surface area contributed by atoms with Crippen LogP contribution < -0.4 is 0 Å². The normalized spacial score (nSPS) is 10.3. The third-order valence-corrected chi connectivity index (χ3v) is 3.83. The molecule has 0 unspecified atom stereocenters. The molecule has 0 saturated heterocycles. The first-order chi connectivity index (χ1) is 11.6. The second-order valence-corrected chi connectivity index (χ2v) is 6.14. The van der Waals surface area contributed by atoms with E-state index in [4.69, 9.17) is 9.05 Å². The van der Waals surface area contributed by atoms with E-state index >= 15 is 0 Å². The number of carbonyl (C=O) groups is 2. The Labute approximate surface area is 141 Å². The maximum atomic E-state index is 11.7. The molecule has 0 bridgehead atoms. The molecular formula is C18H18O5P+. The van der Waals surface area contributed by atoms with Gasteiger partial charge in [0.2, 0.25) is 0 Å². The van der Waals surface area contributed by atoms with Crippen molar-refractivity contribution < 1.29 is 23.2 Å². The maximum absolute atomic E-state index is 11.7. The summed E-state index contributed by atoms with van der Waals surface area (Å²) in [6.45, 7) is -0.617. The lowest BCUT2D eigenvalue weighted by molar-refractivity contribution is -0.120. The molecule has 6 heteroatoms. The SMILES string of the molecule is O=C(CO[P+](=O)OCC(=O)Cc1ccccc1)Cc1ccccc1. The summed E-state index contributed by atoms with van der Waals surface area (Å²) in [5, 5.41) is 0. The average Bonchev–Trinajstić information content (AvgIpc) is 2.60. The molecule has 0 heterocycles. The van der Waals surface area contributed by atoms with Gasteiger partial charge >= 0.3 is 8.25 Å². The van der Waals surface area contributed by atoms with Crippen LogP contribution in [-0.2, 0) is 36.0 Å². The fourth-order valence-electron chi connectivity index (χ4n) is 2.04. The van der Waals surface area contributed by atoms with Crippen molar-refractivity contribution in [3.63, 3.8) is 0 Å². The van der Waals surface area contributed by atoms with Gasteiger partial charge in [-0.2, -0.15) is 0 Å². The molecule has 2 aromatic rings. The lowest BCUT2D eigenvalue weighted by atomic mass is 10.1. The first-order valence-corrected chi connectivity index (χ1v) is 8.57. The van der Waals surface area contributed by atoms with Crippen LogP contribution in [0, 0.1) is 0 Å². The van der Waals surface area contributed by atoms with E-state index in [0.717, 1.165) is 11.1 Å². The van der Waals surface area contributed by atoms with Gasteiger partial charge in [-0.15, -0.1) is 9.05 Å². The summed E-state index contributed by atoms with van der Waals surface area (Å²) in [5.41, 5.74) is 1.72. The van der Waals surface area contributed by atoms with Crippen molar-refractivity contribution in [3.8, 4) is 0 Å². The van der Waals surface area contributed by atoms with Crippen LogP contribution in [0.5, 0.6) is 0 Å². The molecule has 0 aromatic heterocycles. The number of hydrogen-bond donors (Lipinski definition) is 0. The Balaban J connectivity index is 1.64. The molecule has 0 saturated carbocycles. The number of rotatable bonds is 10. The van der Waals surface area contributed by atoms with E-state index in [9.17, 15) is 14.2 Å². The van der Waals surface area contributed by atoms with Gasteiger partial charge in [-0.25, -0.2) is 0 Å². The standard InChI is InChI=1S/C18H18O5P/c19-17(11-15-7-3-1-4-8-15)13-22-24(21)23-14-18(20)12-16-9-5-2-6-10-16/h1-10H,11-14H2/q+1. The van der Waals surface area contributed by atoms with Crippen LogP contribution in [0.4, 0.5) is 0 Å². The van der Waals surface area contributed by atoms with Crippen molar-refractivity contribution in [1.29, 1.82) is 0 Å². The van der Waals surface area contributed by atoms with Crippen LogP contribution >= 0.6 is 8.25 Å². The van der Waals surface area contributed by atoms with Crippen molar-refractivity contribution in [1.82, 2.24) is 0 Å². The summed E-state index contributed by atoms with van der Waals surface area (Å²) in [4.78, 5) is 23.4. The van der Waals surface area contributed by atoms with Crippen LogP contribution in [0.1, 0.15) is 11.1 Å². The molecule has 0 radical (unpaired) electrons. The summed E-state index contributed by atoms with van der Waals surface area (Å²) in [6, 6.07) is 18.4. The molecule has 0 aliphatic carbocycles. The van der Waals surface area contributed by atoms with Gasteiger partial charge in [0, 0.05) is 17.4 Å². The van der Waals surface area contributed by atoms with E-state index in [1.165, 1.54) is 0 Å². The zero-order valence-corrected chi connectivity index (χ0v) is 14.0. The Kier molecular flexibility index (Phi) is 7.43. The van der Waals surface area contributed by atoms with Crippen LogP contribution in [0.3, 0.4) is 0 Å². The topological polar surface area (TPSA) is 69.7 Å². The zero-order chi connectivity index (χ0) is 17.2. The van der Waals surface area contributed by atoms with Crippen molar-refractivity contribution in [3.05, 3.63) is 71.8 Å². The molecule has 2 aromatic carbocycles. The molecule has 124 valence electrons. The molecule has 0 N–H and O–H groups in total. The Morgan fingerprint density at radius 1 is 0.708 bits per heavy atom. The molecule has 0 aliphatic heterocycles. The molecule has 5 nitrogen and oxygen atoms in total. The monoisotopic (exact) mass is 345 g/mol. The molecule has 24 heavy (non-hydrogen) atoms. The van der Waals surface area contributed by atoms with Gasteiger partial charge in [0.05, 0.1) is 0 Å². The van der Waals surface area contributed by atoms with E-state index in [2.05, 4.69) is 0 Å². The number of ketones is 2. The molecule has 0 spiro atoms. The first-order valence-electron chi connectivity index (χ1n) is 7.48. The van der Waals surface area contributed by atoms with Crippen LogP contribution in [0.15, 0.2) is 60.7 Å². The van der Waals surface area contributed by atoms with Gasteiger partial charge in [0.15, 0.2) is 24.8 Å². The highest BCUT2D eigenvalue weighted by atomic mass is 31.1. The smallest absolute Gasteiger partial charge is 0.297 e. The second-order valence-electron chi connectivity index (χ2n) is 5.17. The Morgan fingerprint density at radius 3 is 1.46 bits per heavy atom. The number of Topliss-reactive ketones (excluding diaryl/α,β-unsaturated/α-hetero) is 2. The summed E-state index contributed by atoms with van der Waals surface area (Å²) in [6.07, 6.45) is 0.411. The van der Waals surface area contributed by atoms with Gasteiger partial charge in [-0.3, -0.25) is 9.59 Å². The van der Waals surface area contributed by atoms with Gasteiger partial charge in [0.1, 0.15) is 0 Å². The third kappa shape index (κ3) is 6.92. The molecule has 2 rings (SSSR count). The highest BCUT2D eigenvalue weighted by molar-refractivity contribution is 7.33. The second kappa shape index (κ2) is 9.83. The minimum atomic E-state index is -2.49. The number of benzene rings is 2. The zero-order valence-electron chi connectivity index (χ0n) is 13.1. The Hall–Kier alpha value is -2.20. The molecule has 0 aliphatic rings. The third-order valence-electron chi connectivity index (χ3n) is 3.15. The van der Waals surface area contributed by atoms with Crippen molar-refractivity contribution in [2.24, 2.45) is 0 Å². The van der Waals surface area contributed by atoms with Gasteiger partial charge in [0.25, 0.3) is 0 Å². The summed E-state index contributed by atoms with van der Waals surface area (Å²) in [5.74, 6) is -0.410. The summed E-state index contributed by atoms with van der Waals surface area (Å²) >= 11 is 0. The van der Waals surface area contributed by atoms with Crippen LogP contribution in [0.25, 0.3) is 0 Å². The van der Waals surface area contributed by atoms with Crippen LogP contribution in [0.2, 0.25) is 0 Å². The predicted molar refractivity (Wildman–Crippen MR) is 89.8 cm³/mol. The van der Waals surface area contributed by atoms with E-state index in [0.29, 0.717) is 0 Å². The van der Waals surface area contributed by atoms with Gasteiger partial charge in [-0.1, -0.05) is 60.7 Å². The predicted octanol–water partition coefficient (Wildman–Crippen LogP) is 3.30. The highest BCUT2D eigenvalue weighted by Crippen LogP contribution is 2.23. The minimum absolute atomic E-state index is 0.205. The fraction of sp³-hybridized carbons (Fsp3) is 0.222. The Morgan fingerprint density at radius 2 is 1.08 bits per heavy atom. The number of carbonyl (C=O) groups excluding carboxylic acids is 2. The van der Waals surface area contributed by atoms with E-state index < -0.39 is 8.25 Å². The fourth-order valence-corrected chi connectivity index (χ4v) is 2.61. The average molecular weight is 345 g/mol. The van der Waals surface area contributed by atoms with Gasteiger partial charge in [-0.05, 0) is 11.1 Å². The highest BCUT2D eigenvalue weighted by Gasteiger charge is 2.24. The van der Waals surface area contributed by atoms with E-state index in [1.54, 1.807) is 0 Å². The number of hydrogen-bond acceptors (Lipinski definition) is 5. The van der Waals surface area contributed by atoms with E-state index in [1.807, 2.05) is 60.7 Å². The Bertz CT molecular complexity index is 626. The molecule has 0 atom stereocenters. The first kappa shape index (κ1) is 18.1. The van der Waals surface area contributed by atoms with Crippen molar-refractivity contribution >= 4 is 19.8 Å². The quantitative estimate of drug-likeness (QED) is 0.618. The lowest BCUT2D eigenvalue weighted by Gasteiger charge is -1.98. The molecular weight excluding hydrogens is 327 g/mol. The minimum Gasteiger partial charge on any atom is -0.297 e. The maximum Gasteiger partial charge on any atom is 0.698 e. The molecule has 0 fully saturated rings. The van der Waals surface area contributed by atoms with Crippen molar-refractivity contribution in [2.75, 3.05) is 13.2 Å². The largest absolute Gasteiger partial charge is 0.698 e. The lowest BCUT2D eigenvalue weighted by Crippen LogP contribution is -2.11. The van der Waals surface area contributed by atoms with Gasteiger partial charge < -0.3 is 0 Å². The van der Waals surface area contributed by atoms with Crippen molar-refractivity contribution in [2.45, 2.75) is 12.8 Å².